The molecule has 2 N–H and O–H groups in total. The lowest BCUT2D eigenvalue weighted by Crippen LogP contribution is -2.45. The first kappa shape index (κ1) is 30.2. The number of aliphatic hydroxyl groups is 1. The summed E-state index contributed by atoms with van der Waals surface area (Å²) in [5.41, 5.74) is 0.204. The lowest BCUT2D eigenvalue weighted by Gasteiger charge is -2.38. The number of amides is 1. The fourth-order valence-electron chi connectivity index (χ4n) is 4.75. The van der Waals surface area contributed by atoms with E-state index in [1.54, 1.807) is 35.2 Å². The molecule has 0 atom stereocenters. The molecule has 1 amide bonds. The monoisotopic (exact) mass is 575 g/mol. The number of likely N-dealkylation sites (tertiary alicyclic amines) is 1. The molecule has 5 rings (SSSR count). The molecule has 1 heterocycles. The van der Waals surface area contributed by atoms with E-state index < -0.39 is 17.4 Å². The van der Waals surface area contributed by atoms with Crippen molar-refractivity contribution in [1.82, 2.24) is 4.90 Å². The Morgan fingerprint density at radius 3 is 1.71 bits per heavy atom. The second kappa shape index (κ2) is 12.8. The van der Waals surface area contributed by atoms with E-state index in [-0.39, 0.29) is 31.1 Å². The lowest BCUT2D eigenvalue weighted by molar-refractivity contribution is -0.135. The molecule has 4 aromatic carbocycles. The van der Waals surface area contributed by atoms with Crippen LogP contribution >= 0.6 is 0 Å². The van der Waals surface area contributed by atoms with E-state index in [4.69, 9.17) is 14.6 Å². The molecule has 7 nitrogen and oxygen atoms in total. The van der Waals surface area contributed by atoms with Gasteiger partial charge in [-0.25, -0.2) is 13.6 Å². The zero-order valence-corrected chi connectivity index (χ0v) is 21.9. The molecule has 9 heteroatoms. The predicted octanol–water partition coefficient (Wildman–Crippen LogP) is 6.94. The van der Waals surface area contributed by atoms with Crippen LogP contribution in [0.5, 0.6) is 23.0 Å². The predicted molar refractivity (Wildman–Crippen MR) is 153 cm³/mol. The lowest BCUT2D eigenvalue weighted by atomic mass is 9.84. The Morgan fingerprint density at radius 2 is 1.21 bits per heavy atom. The number of carboxylic acids is 1. The van der Waals surface area contributed by atoms with Crippen molar-refractivity contribution >= 4 is 11.9 Å². The van der Waals surface area contributed by atoms with Gasteiger partial charge in [-0.15, -0.1) is 0 Å². The van der Waals surface area contributed by atoms with Gasteiger partial charge in [0.25, 0.3) is 0 Å². The molecule has 218 valence electrons. The van der Waals surface area contributed by atoms with Gasteiger partial charge in [0.15, 0.2) is 0 Å². The smallest absolute Gasteiger partial charge is 0.335 e. The number of hydrogen-bond acceptors (Lipinski definition) is 5. The summed E-state index contributed by atoms with van der Waals surface area (Å²) in [7, 11) is 0. The quantitative estimate of drug-likeness (QED) is 0.236. The largest absolute Gasteiger partial charge is 0.478 e. The van der Waals surface area contributed by atoms with Crippen LogP contribution in [0.3, 0.4) is 0 Å². The summed E-state index contributed by atoms with van der Waals surface area (Å²) in [5.74, 6) is -0.481. The Hall–Kier alpha value is -4.76. The van der Waals surface area contributed by atoms with Gasteiger partial charge in [0, 0.05) is 19.2 Å². The Bertz CT molecular complexity index is 1530. The topological polar surface area (TPSA) is 96.3 Å². The van der Waals surface area contributed by atoms with E-state index in [2.05, 4.69) is 0 Å². The van der Waals surface area contributed by atoms with Gasteiger partial charge in [0.2, 0.25) is 5.91 Å². The number of benzene rings is 4. The number of carbonyl (C=O) groups is 2. The molecule has 0 aromatic heterocycles. The van der Waals surface area contributed by atoms with Crippen LogP contribution in [-0.2, 0) is 16.8 Å². The minimum atomic E-state index is -1.13. The highest BCUT2D eigenvalue weighted by Gasteiger charge is 2.35. The van der Waals surface area contributed by atoms with Crippen LogP contribution in [0.4, 0.5) is 8.78 Å². The number of rotatable bonds is 8. The van der Waals surface area contributed by atoms with Crippen molar-refractivity contribution in [2.75, 3.05) is 13.1 Å². The van der Waals surface area contributed by atoms with Crippen molar-refractivity contribution in [1.29, 1.82) is 0 Å². The van der Waals surface area contributed by atoms with Crippen LogP contribution < -0.4 is 9.47 Å². The highest BCUT2D eigenvalue weighted by atomic mass is 19.1. The molecule has 1 fully saturated rings. The van der Waals surface area contributed by atoms with Crippen molar-refractivity contribution in [3.05, 3.63) is 119 Å². The van der Waals surface area contributed by atoms with Crippen molar-refractivity contribution in [2.24, 2.45) is 0 Å². The van der Waals surface area contributed by atoms with E-state index in [1.165, 1.54) is 60.7 Å². The third-order valence-corrected chi connectivity index (χ3v) is 7.01. The number of ether oxygens (including phenoxy) is 2. The Kier molecular flexibility index (Phi) is 9.22. The van der Waals surface area contributed by atoms with E-state index in [1.807, 2.05) is 0 Å². The summed E-state index contributed by atoms with van der Waals surface area (Å²) in [6.45, 7) is 0.662. The third kappa shape index (κ3) is 7.30. The molecule has 0 aliphatic carbocycles. The van der Waals surface area contributed by atoms with Crippen LogP contribution in [0, 0.1) is 11.6 Å². The van der Waals surface area contributed by atoms with Crippen LogP contribution in [0.15, 0.2) is 91.0 Å². The zero-order valence-electron chi connectivity index (χ0n) is 21.9. The van der Waals surface area contributed by atoms with Gasteiger partial charge < -0.3 is 24.6 Å². The van der Waals surface area contributed by atoms with Crippen LogP contribution in [-0.4, -0.2) is 40.1 Å². The standard InChI is InChI=1S/C32H27F2NO6.CH4/c33-24-5-3-23(4-6-24)32(39)13-15-35(16-14-32)30(36)19-21-17-28(40-26-9-1-22(2-10-26)31(37)38)20-29(18-21)41-27-11-7-25(34)8-12-27;/h1-12,17-18,20,39H,13-16,19H2,(H,37,38);1H4. The molecule has 0 saturated carbocycles. The number of carboxylic acid groups (broad SMARTS) is 1. The molecule has 0 radical (unpaired) electrons. The molecule has 0 spiro atoms. The minimum absolute atomic E-state index is 0. The maximum Gasteiger partial charge on any atom is 0.335 e. The molecule has 1 aliphatic heterocycles. The maximum atomic E-state index is 13.4. The van der Waals surface area contributed by atoms with Crippen LogP contribution in [0.1, 0.15) is 41.8 Å². The van der Waals surface area contributed by atoms with Gasteiger partial charge in [-0.2, -0.15) is 0 Å². The van der Waals surface area contributed by atoms with Gasteiger partial charge in [-0.1, -0.05) is 19.6 Å². The average Bonchev–Trinajstić information content (AvgIpc) is 2.95. The highest BCUT2D eigenvalue weighted by molar-refractivity contribution is 5.87. The summed E-state index contributed by atoms with van der Waals surface area (Å²) >= 11 is 0. The maximum absolute atomic E-state index is 13.4. The van der Waals surface area contributed by atoms with Gasteiger partial charge >= 0.3 is 5.97 Å². The first-order valence-corrected chi connectivity index (χ1v) is 13.0. The van der Waals surface area contributed by atoms with Crippen LogP contribution in [0.25, 0.3) is 0 Å². The summed E-state index contributed by atoms with van der Waals surface area (Å²) in [5, 5.41) is 20.2. The normalized spacial score (nSPS) is 14.0. The Labute approximate surface area is 242 Å². The summed E-state index contributed by atoms with van der Waals surface area (Å²) in [6, 6.07) is 22.2. The number of nitrogens with zero attached hydrogens (tertiary/aromatic N) is 1. The Morgan fingerprint density at radius 1 is 0.738 bits per heavy atom. The summed E-state index contributed by atoms with van der Waals surface area (Å²) < 4.78 is 38.5. The molecule has 4 aromatic rings. The van der Waals surface area contributed by atoms with E-state index in [9.17, 15) is 23.5 Å². The first-order chi connectivity index (χ1) is 19.7. The molecule has 1 aliphatic rings. The van der Waals surface area contributed by atoms with Crippen molar-refractivity contribution in [3.63, 3.8) is 0 Å². The van der Waals surface area contributed by atoms with Gasteiger partial charge in [0.1, 0.15) is 34.6 Å². The summed E-state index contributed by atoms with van der Waals surface area (Å²) in [4.78, 5) is 26.1. The second-order valence-corrected chi connectivity index (χ2v) is 9.90. The number of carbonyl (C=O) groups excluding carboxylic acids is 1. The van der Waals surface area contributed by atoms with Crippen molar-refractivity contribution in [2.45, 2.75) is 32.3 Å². The molecular formula is C33H31F2NO6. The van der Waals surface area contributed by atoms with E-state index >= 15 is 0 Å². The highest BCUT2D eigenvalue weighted by Crippen LogP contribution is 2.34. The fraction of sp³-hybridized carbons (Fsp3) is 0.212. The Balaban J connectivity index is 0.00000405. The van der Waals surface area contributed by atoms with Crippen LogP contribution in [0.2, 0.25) is 0 Å². The number of piperidine rings is 1. The number of halogens is 2. The average molecular weight is 576 g/mol. The second-order valence-electron chi connectivity index (χ2n) is 9.90. The first-order valence-electron chi connectivity index (χ1n) is 13.0. The summed E-state index contributed by atoms with van der Waals surface area (Å²) in [6.07, 6.45) is 0.668. The van der Waals surface area contributed by atoms with E-state index in [0.29, 0.717) is 60.1 Å². The molecular weight excluding hydrogens is 544 g/mol. The van der Waals surface area contributed by atoms with Gasteiger partial charge in [0.05, 0.1) is 17.6 Å². The molecule has 42 heavy (non-hydrogen) atoms. The number of hydrogen-bond donors (Lipinski definition) is 2. The number of aromatic carboxylic acids is 1. The third-order valence-electron chi connectivity index (χ3n) is 7.01. The van der Waals surface area contributed by atoms with Gasteiger partial charge in [-0.05, 0) is 96.8 Å². The van der Waals surface area contributed by atoms with Crippen molar-refractivity contribution in [3.8, 4) is 23.0 Å². The minimum Gasteiger partial charge on any atom is -0.478 e. The molecule has 0 unspecified atom stereocenters. The molecule has 0 bridgehead atoms. The zero-order chi connectivity index (χ0) is 29.0. The van der Waals surface area contributed by atoms with Gasteiger partial charge in [-0.3, -0.25) is 4.79 Å². The van der Waals surface area contributed by atoms with Crippen molar-refractivity contribution < 1.29 is 38.1 Å². The SMILES string of the molecule is C.O=C(O)c1ccc(Oc2cc(CC(=O)N3CCC(O)(c4ccc(F)cc4)CC3)cc(Oc3ccc(F)cc3)c2)cc1. The molecule has 1 saturated heterocycles. The fourth-order valence-corrected chi connectivity index (χ4v) is 4.75. The van der Waals surface area contributed by atoms with E-state index in [0.717, 1.165) is 0 Å².